The molecule has 1 aliphatic carbocycles. The fourth-order valence-electron chi connectivity index (χ4n) is 3.47. The quantitative estimate of drug-likeness (QED) is 0.391. The van der Waals surface area contributed by atoms with Gasteiger partial charge in [-0.25, -0.2) is 0 Å². The maximum absolute atomic E-state index is 2.40. The van der Waals surface area contributed by atoms with Crippen molar-refractivity contribution in [2.75, 3.05) is 0 Å². The van der Waals surface area contributed by atoms with Crippen LogP contribution in [-0.2, 0) is 11.8 Å². The van der Waals surface area contributed by atoms with Crippen molar-refractivity contribution in [2.45, 2.75) is 32.6 Å². The highest BCUT2D eigenvalue weighted by Crippen LogP contribution is 2.40. The predicted octanol–water partition coefficient (Wildman–Crippen LogP) is 6.22. The molecule has 0 spiro atoms. The fraction of sp³-hybridized carbons (Fsp3) is 0.217. The molecule has 0 fully saturated rings. The van der Waals surface area contributed by atoms with Gasteiger partial charge >= 0.3 is 0 Å². The topological polar surface area (TPSA) is 0 Å². The summed E-state index contributed by atoms with van der Waals surface area (Å²) >= 11 is 0. The Bertz CT molecular complexity index is 864. The molecule has 0 radical (unpaired) electrons. The first kappa shape index (κ1) is 14.3. The summed E-state index contributed by atoms with van der Waals surface area (Å²) in [5.41, 5.74) is 9.95. The van der Waals surface area contributed by atoms with Gasteiger partial charge in [0, 0.05) is 0 Å². The van der Waals surface area contributed by atoms with Crippen LogP contribution in [0.2, 0.25) is 0 Å². The van der Waals surface area contributed by atoms with E-state index in [4.69, 9.17) is 0 Å². The monoisotopic (exact) mass is 298 g/mol. The molecule has 3 aromatic carbocycles. The van der Waals surface area contributed by atoms with E-state index in [9.17, 15) is 0 Å². The molecule has 4 rings (SSSR count). The molecule has 0 aliphatic heterocycles. The first-order valence-electron chi connectivity index (χ1n) is 8.34. The standard InChI is InChI=1S/C23H22/c1-23(2,3)20-11-12-21-19(14-20)13-18-10-9-17(15-22(18)21)16-7-5-4-6-8-16/h4-12,14-15H,13H2,1-3H3. The van der Waals surface area contributed by atoms with Crippen LogP contribution in [0.4, 0.5) is 0 Å². The molecule has 0 aromatic heterocycles. The number of benzene rings is 3. The predicted molar refractivity (Wildman–Crippen MR) is 98.8 cm³/mol. The zero-order chi connectivity index (χ0) is 16.0. The van der Waals surface area contributed by atoms with Gasteiger partial charge in [0.15, 0.2) is 0 Å². The van der Waals surface area contributed by atoms with Crippen LogP contribution >= 0.6 is 0 Å². The first-order chi connectivity index (χ1) is 11.0. The van der Waals surface area contributed by atoms with Crippen molar-refractivity contribution in [2.24, 2.45) is 0 Å². The molecule has 0 unspecified atom stereocenters. The van der Waals surface area contributed by atoms with Gasteiger partial charge < -0.3 is 0 Å². The third-order valence-corrected chi connectivity index (χ3v) is 4.86. The summed E-state index contributed by atoms with van der Waals surface area (Å²) in [7, 11) is 0. The molecule has 0 heteroatoms. The number of fused-ring (bicyclic) bond motifs is 3. The summed E-state index contributed by atoms with van der Waals surface area (Å²) < 4.78 is 0. The molecule has 0 amide bonds. The maximum Gasteiger partial charge on any atom is -0.00133 e. The summed E-state index contributed by atoms with van der Waals surface area (Å²) in [6, 6.07) is 24.6. The van der Waals surface area contributed by atoms with Crippen molar-refractivity contribution in [1.82, 2.24) is 0 Å². The van der Waals surface area contributed by atoms with E-state index in [0.29, 0.717) is 0 Å². The van der Waals surface area contributed by atoms with Crippen LogP contribution in [0, 0.1) is 0 Å². The van der Waals surface area contributed by atoms with E-state index in [-0.39, 0.29) is 5.41 Å². The van der Waals surface area contributed by atoms with Crippen LogP contribution in [0.3, 0.4) is 0 Å². The number of hydrogen-bond donors (Lipinski definition) is 0. The van der Waals surface area contributed by atoms with Crippen molar-refractivity contribution in [3.63, 3.8) is 0 Å². The second-order valence-electron chi connectivity index (χ2n) is 7.54. The van der Waals surface area contributed by atoms with Gasteiger partial charge in [0.2, 0.25) is 0 Å². The molecule has 0 saturated heterocycles. The van der Waals surface area contributed by atoms with Crippen LogP contribution in [0.25, 0.3) is 22.3 Å². The zero-order valence-corrected chi connectivity index (χ0v) is 14.1. The highest BCUT2D eigenvalue weighted by molar-refractivity contribution is 5.81. The summed E-state index contributed by atoms with van der Waals surface area (Å²) in [5, 5.41) is 0. The Hall–Kier alpha value is -2.34. The lowest BCUT2D eigenvalue weighted by molar-refractivity contribution is 0.590. The molecule has 1 aliphatic rings. The average Bonchev–Trinajstić information content (AvgIpc) is 2.91. The second kappa shape index (κ2) is 5.09. The van der Waals surface area contributed by atoms with Crippen molar-refractivity contribution in [3.05, 3.63) is 83.4 Å². The highest BCUT2D eigenvalue weighted by atomic mass is 14.3. The maximum atomic E-state index is 2.40. The van der Waals surface area contributed by atoms with Crippen LogP contribution < -0.4 is 0 Å². The Morgan fingerprint density at radius 3 is 2.17 bits per heavy atom. The largest absolute Gasteiger partial charge is 0.0622 e. The van der Waals surface area contributed by atoms with E-state index in [1.54, 1.807) is 0 Å². The van der Waals surface area contributed by atoms with Gasteiger partial charge in [0.25, 0.3) is 0 Å². The zero-order valence-electron chi connectivity index (χ0n) is 14.1. The smallest absolute Gasteiger partial charge is 0.00133 e. The summed E-state index contributed by atoms with van der Waals surface area (Å²) in [5.74, 6) is 0. The Kier molecular flexibility index (Phi) is 3.16. The molecule has 0 N–H and O–H groups in total. The molecule has 23 heavy (non-hydrogen) atoms. The average molecular weight is 298 g/mol. The molecule has 0 bridgehead atoms. The molecule has 0 heterocycles. The lowest BCUT2D eigenvalue weighted by atomic mass is 9.85. The Labute approximate surface area is 138 Å². The van der Waals surface area contributed by atoms with E-state index in [2.05, 4.69) is 87.5 Å². The minimum Gasteiger partial charge on any atom is -0.0622 e. The first-order valence-corrected chi connectivity index (χ1v) is 8.34. The lowest BCUT2D eigenvalue weighted by Gasteiger charge is -2.20. The summed E-state index contributed by atoms with van der Waals surface area (Å²) in [4.78, 5) is 0. The van der Waals surface area contributed by atoms with Crippen molar-refractivity contribution in [3.8, 4) is 22.3 Å². The molecule has 0 nitrogen and oxygen atoms in total. The van der Waals surface area contributed by atoms with E-state index in [1.165, 1.54) is 38.9 Å². The van der Waals surface area contributed by atoms with Crippen LogP contribution in [0.1, 0.15) is 37.5 Å². The van der Waals surface area contributed by atoms with E-state index < -0.39 is 0 Å². The van der Waals surface area contributed by atoms with Crippen molar-refractivity contribution in [1.29, 1.82) is 0 Å². The molecular weight excluding hydrogens is 276 g/mol. The van der Waals surface area contributed by atoms with Gasteiger partial charge in [-0.1, -0.05) is 81.4 Å². The minimum absolute atomic E-state index is 0.207. The van der Waals surface area contributed by atoms with Crippen molar-refractivity contribution >= 4 is 0 Å². The van der Waals surface area contributed by atoms with Crippen LogP contribution in [-0.4, -0.2) is 0 Å². The Morgan fingerprint density at radius 1 is 0.652 bits per heavy atom. The van der Waals surface area contributed by atoms with E-state index in [1.807, 2.05) is 0 Å². The van der Waals surface area contributed by atoms with Crippen molar-refractivity contribution < 1.29 is 0 Å². The Balaban J connectivity index is 1.80. The lowest BCUT2D eigenvalue weighted by Crippen LogP contribution is -2.11. The molecule has 114 valence electrons. The second-order valence-corrected chi connectivity index (χ2v) is 7.54. The fourth-order valence-corrected chi connectivity index (χ4v) is 3.47. The summed E-state index contributed by atoms with van der Waals surface area (Å²) in [6.07, 6.45) is 1.06. The Morgan fingerprint density at radius 2 is 1.43 bits per heavy atom. The van der Waals surface area contributed by atoms with Gasteiger partial charge in [-0.05, 0) is 56.8 Å². The van der Waals surface area contributed by atoms with Crippen LogP contribution in [0.15, 0.2) is 66.7 Å². The third-order valence-electron chi connectivity index (χ3n) is 4.86. The molecule has 0 atom stereocenters. The van der Waals surface area contributed by atoms with Gasteiger partial charge in [-0.3, -0.25) is 0 Å². The van der Waals surface area contributed by atoms with Crippen LogP contribution in [0.5, 0.6) is 0 Å². The number of rotatable bonds is 1. The van der Waals surface area contributed by atoms with Gasteiger partial charge in [-0.2, -0.15) is 0 Å². The van der Waals surface area contributed by atoms with Gasteiger partial charge in [0.1, 0.15) is 0 Å². The summed E-state index contributed by atoms with van der Waals surface area (Å²) in [6.45, 7) is 6.85. The SMILES string of the molecule is CC(C)(C)c1ccc2c(c1)Cc1ccc(-c3ccccc3)cc1-2. The minimum atomic E-state index is 0.207. The molecular formula is C23H22. The van der Waals surface area contributed by atoms with E-state index in [0.717, 1.165) is 6.42 Å². The number of hydrogen-bond acceptors (Lipinski definition) is 0. The van der Waals surface area contributed by atoms with Gasteiger partial charge in [0.05, 0.1) is 0 Å². The molecule has 0 saturated carbocycles. The van der Waals surface area contributed by atoms with Gasteiger partial charge in [-0.15, -0.1) is 0 Å². The highest BCUT2D eigenvalue weighted by Gasteiger charge is 2.22. The third kappa shape index (κ3) is 2.49. The molecule has 3 aromatic rings. The normalized spacial score (nSPS) is 12.8. The van der Waals surface area contributed by atoms with E-state index >= 15 is 0 Å².